The molecule has 1 fully saturated rings. The highest BCUT2D eigenvalue weighted by atomic mass is 35.5. The van der Waals surface area contributed by atoms with Gasteiger partial charge in [0.2, 0.25) is 0 Å². The van der Waals surface area contributed by atoms with Gasteiger partial charge in [-0.3, -0.25) is 0 Å². The minimum Gasteiger partial charge on any atom is -0.492 e. The SMILES string of the molecule is Cn1cnc(S(=O)(=O)N2C[C@H](COc3ccc(Cl)cc3Cl)[C@@H](c3ccc(F)cc3)C2)c1. The summed E-state index contributed by atoms with van der Waals surface area (Å²) in [5, 5.41) is 0.868. The summed E-state index contributed by atoms with van der Waals surface area (Å²) in [6.45, 7) is 0.719. The Hall–Kier alpha value is -2.13. The highest BCUT2D eigenvalue weighted by Crippen LogP contribution is 2.37. The number of aromatic nitrogens is 2. The van der Waals surface area contributed by atoms with Crippen molar-refractivity contribution in [2.24, 2.45) is 13.0 Å². The number of hydrogen-bond acceptors (Lipinski definition) is 4. The van der Waals surface area contributed by atoms with Gasteiger partial charge in [-0.15, -0.1) is 0 Å². The van der Waals surface area contributed by atoms with Crippen LogP contribution in [0.3, 0.4) is 0 Å². The lowest BCUT2D eigenvalue weighted by atomic mass is 9.89. The normalized spacial score (nSPS) is 19.6. The molecule has 1 saturated heterocycles. The first kappa shape index (κ1) is 22.1. The summed E-state index contributed by atoms with van der Waals surface area (Å²) in [6.07, 6.45) is 2.92. The van der Waals surface area contributed by atoms with Gasteiger partial charge in [-0.25, -0.2) is 17.8 Å². The summed E-state index contributed by atoms with van der Waals surface area (Å²) < 4.78 is 48.6. The molecule has 0 amide bonds. The van der Waals surface area contributed by atoms with Crippen molar-refractivity contribution in [3.63, 3.8) is 0 Å². The molecule has 1 aromatic heterocycles. The van der Waals surface area contributed by atoms with Crippen molar-refractivity contribution < 1.29 is 17.5 Å². The highest BCUT2D eigenvalue weighted by molar-refractivity contribution is 7.89. The molecule has 4 rings (SSSR count). The van der Waals surface area contributed by atoms with Crippen molar-refractivity contribution in [1.29, 1.82) is 0 Å². The molecule has 164 valence electrons. The van der Waals surface area contributed by atoms with E-state index < -0.39 is 10.0 Å². The molecule has 2 heterocycles. The third-order valence-electron chi connectivity index (χ3n) is 5.34. The molecule has 0 radical (unpaired) electrons. The predicted octanol–water partition coefficient (Wildman–Crippen LogP) is 4.35. The summed E-state index contributed by atoms with van der Waals surface area (Å²) in [4.78, 5) is 4.00. The summed E-state index contributed by atoms with van der Waals surface area (Å²) in [5.74, 6) is -0.226. The highest BCUT2D eigenvalue weighted by Gasteiger charge is 2.41. The second kappa shape index (κ2) is 8.78. The average Bonchev–Trinajstić information content (AvgIpc) is 3.35. The van der Waals surface area contributed by atoms with Crippen LogP contribution in [0.1, 0.15) is 11.5 Å². The van der Waals surface area contributed by atoms with E-state index in [0.717, 1.165) is 5.56 Å². The van der Waals surface area contributed by atoms with Crippen molar-refractivity contribution in [2.45, 2.75) is 10.9 Å². The maximum atomic E-state index is 13.4. The minimum absolute atomic E-state index is 0.00447. The average molecular weight is 484 g/mol. The lowest BCUT2D eigenvalue weighted by Gasteiger charge is -2.19. The lowest BCUT2D eigenvalue weighted by molar-refractivity contribution is 0.245. The van der Waals surface area contributed by atoms with Crippen LogP contribution in [0, 0.1) is 11.7 Å². The Morgan fingerprint density at radius 1 is 1.16 bits per heavy atom. The predicted molar refractivity (Wildman–Crippen MR) is 117 cm³/mol. The fourth-order valence-corrected chi connectivity index (χ4v) is 5.68. The molecule has 0 bridgehead atoms. The van der Waals surface area contributed by atoms with Crippen LogP contribution in [0.25, 0.3) is 0 Å². The first-order valence-electron chi connectivity index (χ1n) is 9.55. The van der Waals surface area contributed by atoms with Crippen LogP contribution in [-0.2, 0) is 17.1 Å². The van der Waals surface area contributed by atoms with Crippen LogP contribution in [0.2, 0.25) is 10.0 Å². The quantitative estimate of drug-likeness (QED) is 0.522. The summed E-state index contributed by atoms with van der Waals surface area (Å²) >= 11 is 12.1. The maximum absolute atomic E-state index is 13.4. The van der Waals surface area contributed by atoms with Gasteiger partial charge in [0, 0.05) is 43.2 Å². The molecule has 0 unspecified atom stereocenters. The van der Waals surface area contributed by atoms with Crippen molar-refractivity contribution in [1.82, 2.24) is 13.9 Å². The van der Waals surface area contributed by atoms with E-state index in [4.69, 9.17) is 27.9 Å². The Labute approximate surface area is 190 Å². The molecule has 0 saturated carbocycles. The van der Waals surface area contributed by atoms with Crippen molar-refractivity contribution in [2.75, 3.05) is 19.7 Å². The van der Waals surface area contributed by atoms with E-state index in [1.165, 1.54) is 29.0 Å². The molecule has 3 aromatic rings. The molecule has 1 aliphatic rings. The molecule has 31 heavy (non-hydrogen) atoms. The van der Waals surface area contributed by atoms with E-state index >= 15 is 0 Å². The second-order valence-electron chi connectivity index (χ2n) is 7.50. The van der Waals surface area contributed by atoms with E-state index in [1.807, 2.05) is 0 Å². The summed E-state index contributed by atoms with van der Waals surface area (Å²) in [6, 6.07) is 11.0. The zero-order valence-electron chi connectivity index (χ0n) is 16.6. The van der Waals surface area contributed by atoms with Crippen LogP contribution in [-0.4, -0.2) is 42.0 Å². The Bertz CT molecular complexity index is 1180. The Kier molecular flexibility index (Phi) is 6.25. The first-order chi connectivity index (χ1) is 14.7. The van der Waals surface area contributed by atoms with E-state index in [9.17, 15) is 12.8 Å². The van der Waals surface area contributed by atoms with Gasteiger partial charge in [-0.1, -0.05) is 35.3 Å². The van der Waals surface area contributed by atoms with Gasteiger partial charge in [0.15, 0.2) is 5.03 Å². The van der Waals surface area contributed by atoms with Gasteiger partial charge in [0.05, 0.1) is 18.0 Å². The van der Waals surface area contributed by atoms with Crippen molar-refractivity contribution in [3.05, 3.63) is 76.4 Å². The number of rotatable bonds is 6. The molecule has 0 aliphatic carbocycles. The van der Waals surface area contributed by atoms with Gasteiger partial charge in [-0.2, -0.15) is 4.31 Å². The standard InChI is InChI=1S/C21H20Cl2FN3O3S/c1-26-11-21(25-13-26)31(28,29)27-9-15(12-30-20-7-4-16(22)8-19(20)23)18(10-27)14-2-5-17(24)6-3-14/h2-8,11,13,15,18H,9-10,12H2,1H3/t15-,18-/m1/s1. The molecule has 0 spiro atoms. The third-order valence-corrected chi connectivity index (χ3v) is 7.59. The first-order valence-corrected chi connectivity index (χ1v) is 11.7. The lowest BCUT2D eigenvalue weighted by Crippen LogP contribution is -2.30. The monoisotopic (exact) mass is 483 g/mol. The number of ether oxygens (including phenoxy) is 1. The summed E-state index contributed by atoms with van der Waals surface area (Å²) in [7, 11) is -2.06. The van der Waals surface area contributed by atoms with E-state index in [0.29, 0.717) is 15.8 Å². The Balaban J connectivity index is 1.59. The summed E-state index contributed by atoms with van der Waals surface area (Å²) in [5.41, 5.74) is 0.843. The fourth-order valence-electron chi connectivity index (χ4n) is 3.73. The second-order valence-corrected chi connectivity index (χ2v) is 10.2. The van der Waals surface area contributed by atoms with E-state index in [-0.39, 0.29) is 42.4 Å². The Morgan fingerprint density at radius 3 is 2.55 bits per heavy atom. The van der Waals surface area contributed by atoms with Gasteiger partial charge >= 0.3 is 0 Å². The van der Waals surface area contributed by atoms with Gasteiger partial charge in [-0.05, 0) is 35.9 Å². The fraction of sp³-hybridized carbons (Fsp3) is 0.286. The molecule has 10 heteroatoms. The van der Waals surface area contributed by atoms with Crippen LogP contribution in [0.15, 0.2) is 60.0 Å². The minimum atomic E-state index is -3.77. The third kappa shape index (κ3) is 4.72. The number of benzene rings is 2. The topological polar surface area (TPSA) is 64.4 Å². The number of sulfonamides is 1. The number of nitrogens with zero attached hydrogens (tertiary/aromatic N) is 3. The smallest absolute Gasteiger partial charge is 0.262 e. The zero-order chi connectivity index (χ0) is 22.2. The van der Waals surface area contributed by atoms with E-state index in [2.05, 4.69) is 4.98 Å². The number of imidazole rings is 1. The van der Waals surface area contributed by atoms with Crippen LogP contribution in [0.4, 0.5) is 4.39 Å². The number of halogens is 3. The van der Waals surface area contributed by atoms with Gasteiger partial charge in [0.25, 0.3) is 10.0 Å². The largest absolute Gasteiger partial charge is 0.492 e. The molecule has 2 atom stereocenters. The van der Waals surface area contributed by atoms with Gasteiger partial charge < -0.3 is 9.30 Å². The maximum Gasteiger partial charge on any atom is 0.262 e. The number of hydrogen-bond donors (Lipinski definition) is 0. The molecular weight excluding hydrogens is 464 g/mol. The van der Waals surface area contributed by atoms with Crippen molar-refractivity contribution >= 4 is 33.2 Å². The molecule has 6 nitrogen and oxygen atoms in total. The molecule has 1 aliphatic heterocycles. The van der Waals surface area contributed by atoms with Crippen LogP contribution >= 0.6 is 23.2 Å². The van der Waals surface area contributed by atoms with Crippen molar-refractivity contribution in [3.8, 4) is 5.75 Å². The zero-order valence-corrected chi connectivity index (χ0v) is 18.9. The number of aryl methyl sites for hydroxylation is 1. The molecule has 2 aromatic carbocycles. The Morgan fingerprint density at radius 2 is 1.90 bits per heavy atom. The molecular formula is C21H20Cl2FN3O3S. The van der Waals surface area contributed by atoms with Gasteiger partial charge in [0.1, 0.15) is 11.6 Å². The van der Waals surface area contributed by atoms with E-state index in [1.54, 1.807) is 41.9 Å². The van der Waals surface area contributed by atoms with Crippen LogP contribution in [0.5, 0.6) is 5.75 Å². The van der Waals surface area contributed by atoms with Crippen LogP contribution < -0.4 is 4.74 Å². The molecule has 0 N–H and O–H groups in total.